The largest absolute Gasteiger partial charge is 0.493 e. The Morgan fingerprint density at radius 3 is 2.63 bits per heavy atom. The number of Topliss-reactive ketones (excluding diaryl/α,β-unsaturated/α-hetero) is 1. The van der Waals surface area contributed by atoms with Gasteiger partial charge in [-0.15, -0.1) is 0 Å². The average Bonchev–Trinajstić information content (AvgIpc) is 3.34. The van der Waals surface area contributed by atoms with Gasteiger partial charge >= 0.3 is 0 Å². The van der Waals surface area contributed by atoms with E-state index < -0.39 is 0 Å². The van der Waals surface area contributed by atoms with Gasteiger partial charge in [-0.05, 0) is 58.5 Å². The summed E-state index contributed by atoms with van der Waals surface area (Å²) in [5.41, 5.74) is 1.87. The number of ketones is 1. The van der Waals surface area contributed by atoms with Gasteiger partial charge in [0.15, 0.2) is 17.3 Å². The van der Waals surface area contributed by atoms with Crippen molar-refractivity contribution in [3.05, 3.63) is 45.9 Å². The second-order valence-electron chi connectivity index (χ2n) is 9.24. The molecule has 1 N–H and O–H groups in total. The SMILES string of the molecule is COc1cc(Nc2ncc3c(C)c(C(C)=O)c(=O)n(C4CCCC4)c3n2)ccc1OCCN(C)C. The number of likely N-dealkylation sites (N-methyl/N-ethyl adjacent to an activating group) is 1. The molecule has 186 valence electrons. The number of benzene rings is 1. The van der Waals surface area contributed by atoms with E-state index in [0.29, 0.717) is 35.3 Å². The number of hydrogen-bond donors (Lipinski definition) is 1. The van der Waals surface area contributed by atoms with E-state index in [9.17, 15) is 9.59 Å². The number of nitrogens with one attached hydrogen (secondary N) is 1. The summed E-state index contributed by atoms with van der Waals surface area (Å²) in [5, 5.41) is 3.94. The normalized spacial score (nSPS) is 14.0. The number of aromatic nitrogens is 3. The highest BCUT2D eigenvalue weighted by molar-refractivity contribution is 5.99. The molecule has 9 nitrogen and oxygen atoms in total. The zero-order chi connectivity index (χ0) is 25.1. The predicted octanol–water partition coefficient (Wildman–Crippen LogP) is 4.11. The van der Waals surface area contributed by atoms with Crippen LogP contribution in [0.2, 0.25) is 0 Å². The van der Waals surface area contributed by atoms with Crippen LogP contribution < -0.4 is 20.3 Å². The second-order valence-corrected chi connectivity index (χ2v) is 9.24. The van der Waals surface area contributed by atoms with Crippen molar-refractivity contribution in [2.75, 3.05) is 39.7 Å². The molecule has 2 heterocycles. The van der Waals surface area contributed by atoms with Gasteiger partial charge in [0.25, 0.3) is 5.56 Å². The van der Waals surface area contributed by atoms with Crippen LogP contribution in [0.25, 0.3) is 11.0 Å². The number of anilines is 2. The molecule has 0 aliphatic heterocycles. The Bertz CT molecular complexity index is 1300. The molecule has 3 aromatic rings. The van der Waals surface area contributed by atoms with Gasteiger partial charge in [-0.25, -0.2) is 4.98 Å². The molecular formula is C26H33N5O4. The zero-order valence-corrected chi connectivity index (χ0v) is 21.1. The molecule has 9 heteroatoms. The van der Waals surface area contributed by atoms with Gasteiger partial charge in [-0.2, -0.15) is 4.98 Å². The molecule has 1 fully saturated rings. The predicted molar refractivity (Wildman–Crippen MR) is 136 cm³/mol. The van der Waals surface area contributed by atoms with Gasteiger partial charge in [0.05, 0.1) is 12.7 Å². The van der Waals surface area contributed by atoms with E-state index in [4.69, 9.17) is 14.5 Å². The number of nitrogens with zero attached hydrogens (tertiary/aromatic N) is 4. The number of fused-ring (bicyclic) bond motifs is 1. The first-order valence-electron chi connectivity index (χ1n) is 12.0. The van der Waals surface area contributed by atoms with E-state index in [1.54, 1.807) is 24.8 Å². The first kappa shape index (κ1) is 24.7. The quantitative estimate of drug-likeness (QED) is 0.458. The number of rotatable bonds is 9. The summed E-state index contributed by atoms with van der Waals surface area (Å²) in [4.78, 5) is 36.9. The van der Waals surface area contributed by atoms with E-state index in [0.717, 1.165) is 43.3 Å². The van der Waals surface area contributed by atoms with E-state index in [1.807, 2.05) is 37.2 Å². The number of pyridine rings is 1. The maximum Gasteiger partial charge on any atom is 0.263 e. The van der Waals surface area contributed by atoms with Gasteiger partial charge in [-0.1, -0.05) is 12.8 Å². The Balaban J connectivity index is 1.70. The fourth-order valence-corrected chi connectivity index (χ4v) is 4.64. The number of aryl methyl sites for hydroxylation is 1. The highest BCUT2D eigenvalue weighted by Crippen LogP contribution is 2.33. The van der Waals surface area contributed by atoms with Crippen LogP contribution in [-0.4, -0.2) is 59.6 Å². The van der Waals surface area contributed by atoms with Crippen LogP contribution in [0.1, 0.15) is 54.6 Å². The summed E-state index contributed by atoms with van der Waals surface area (Å²) in [6, 6.07) is 5.57. The molecule has 1 aromatic carbocycles. The summed E-state index contributed by atoms with van der Waals surface area (Å²) in [6.07, 6.45) is 5.60. The fraction of sp³-hybridized carbons (Fsp3) is 0.462. The maximum atomic E-state index is 13.4. The lowest BCUT2D eigenvalue weighted by atomic mass is 10.0. The molecule has 0 spiro atoms. The van der Waals surface area contributed by atoms with Crippen molar-refractivity contribution in [3.63, 3.8) is 0 Å². The average molecular weight is 480 g/mol. The Labute approximate surface area is 205 Å². The number of carbonyl (C=O) groups is 1. The van der Waals surface area contributed by atoms with Crippen LogP contribution in [0.3, 0.4) is 0 Å². The van der Waals surface area contributed by atoms with Crippen LogP contribution in [0, 0.1) is 6.92 Å². The van der Waals surface area contributed by atoms with Crippen LogP contribution >= 0.6 is 0 Å². The van der Waals surface area contributed by atoms with Gasteiger partial charge in [0.1, 0.15) is 12.3 Å². The molecular weight excluding hydrogens is 446 g/mol. The number of carbonyl (C=O) groups excluding carboxylic acids is 1. The molecule has 1 aliphatic rings. The van der Waals surface area contributed by atoms with Crippen molar-refractivity contribution in [2.24, 2.45) is 0 Å². The highest BCUT2D eigenvalue weighted by Gasteiger charge is 2.25. The molecule has 1 aliphatic carbocycles. The third kappa shape index (κ3) is 5.14. The lowest BCUT2D eigenvalue weighted by Gasteiger charge is -2.19. The second kappa shape index (κ2) is 10.4. The molecule has 0 saturated heterocycles. The smallest absolute Gasteiger partial charge is 0.263 e. The van der Waals surface area contributed by atoms with Crippen LogP contribution in [0.15, 0.2) is 29.2 Å². The Hall–Kier alpha value is -3.46. The van der Waals surface area contributed by atoms with Crippen LogP contribution in [0.4, 0.5) is 11.6 Å². The molecule has 0 unspecified atom stereocenters. The standard InChI is InChI=1S/C26H33N5O4/c1-16-20-15-27-26(28-18-10-11-21(22(14-18)34-5)35-13-12-30(3)4)29-24(20)31(19-8-6-7-9-19)25(33)23(16)17(2)32/h10-11,14-15,19H,6-9,12-13H2,1-5H3,(H,27,28,29). The summed E-state index contributed by atoms with van der Waals surface area (Å²) >= 11 is 0. The van der Waals surface area contributed by atoms with E-state index >= 15 is 0 Å². The number of hydrogen-bond acceptors (Lipinski definition) is 8. The lowest BCUT2D eigenvalue weighted by molar-refractivity contribution is 0.101. The minimum absolute atomic E-state index is 0.0325. The highest BCUT2D eigenvalue weighted by atomic mass is 16.5. The molecule has 0 radical (unpaired) electrons. The van der Waals surface area contributed by atoms with E-state index in [2.05, 4.69) is 10.3 Å². The van der Waals surface area contributed by atoms with Gasteiger partial charge in [0.2, 0.25) is 5.95 Å². The molecule has 0 amide bonds. The van der Waals surface area contributed by atoms with Gasteiger partial charge < -0.3 is 19.7 Å². The molecule has 0 atom stereocenters. The van der Waals surface area contributed by atoms with Crippen molar-refractivity contribution in [1.29, 1.82) is 0 Å². The molecule has 35 heavy (non-hydrogen) atoms. The van der Waals surface area contributed by atoms with Crippen molar-refractivity contribution in [3.8, 4) is 11.5 Å². The number of methoxy groups -OCH3 is 1. The van der Waals surface area contributed by atoms with Crippen molar-refractivity contribution < 1.29 is 14.3 Å². The summed E-state index contributed by atoms with van der Waals surface area (Å²) in [5.74, 6) is 1.38. The Morgan fingerprint density at radius 1 is 1.23 bits per heavy atom. The summed E-state index contributed by atoms with van der Waals surface area (Å²) in [6.45, 7) is 4.56. The van der Waals surface area contributed by atoms with Gasteiger partial charge in [-0.3, -0.25) is 14.2 Å². The van der Waals surface area contributed by atoms with Gasteiger partial charge in [0, 0.05) is 35.9 Å². The first-order valence-corrected chi connectivity index (χ1v) is 12.0. The minimum atomic E-state index is -0.264. The van der Waals surface area contributed by atoms with E-state index in [-0.39, 0.29) is 22.9 Å². The maximum absolute atomic E-state index is 13.4. The van der Waals surface area contributed by atoms with Crippen LogP contribution in [0.5, 0.6) is 11.5 Å². The molecule has 0 bridgehead atoms. The summed E-state index contributed by atoms with van der Waals surface area (Å²) < 4.78 is 13.1. The fourth-order valence-electron chi connectivity index (χ4n) is 4.64. The third-order valence-electron chi connectivity index (χ3n) is 6.47. The zero-order valence-electron chi connectivity index (χ0n) is 21.1. The van der Waals surface area contributed by atoms with Crippen LogP contribution in [-0.2, 0) is 0 Å². The van der Waals surface area contributed by atoms with E-state index in [1.165, 1.54) is 6.92 Å². The minimum Gasteiger partial charge on any atom is -0.493 e. The number of ether oxygens (including phenoxy) is 2. The molecule has 2 aromatic heterocycles. The monoisotopic (exact) mass is 479 g/mol. The van der Waals surface area contributed by atoms with Crippen molar-refractivity contribution in [2.45, 2.75) is 45.6 Å². The topological polar surface area (TPSA) is 98.6 Å². The third-order valence-corrected chi connectivity index (χ3v) is 6.47. The molecule has 4 rings (SSSR count). The van der Waals surface area contributed by atoms with Crippen molar-refractivity contribution >= 4 is 28.5 Å². The molecule has 1 saturated carbocycles. The Morgan fingerprint density at radius 2 is 1.97 bits per heavy atom. The Kier molecular flexibility index (Phi) is 7.35. The first-order chi connectivity index (χ1) is 16.8. The lowest BCUT2D eigenvalue weighted by Crippen LogP contribution is -2.30. The summed E-state index contributed by atoms with van der Waals surface area (Å²) in [7, 11) is 5.58. The van der Waals surface area contributed by atoms with Crippen molar-refractivity contribution in [1.82, 2.24) is 19.4 Å².